The quantitative estimate of drug-likeness (QED) is 0.0267. The van der Waals surface area contributed by atoms with Crippen LogP contribution in [0.2, 0.25) is 0 Å². The Balaban J connectivity index is 0.448. The monoisotopic (exact) mass is 2080 g/mol. The molecule has 0 spiro atoms. The zero-order chi connectivity index (χ0) is 105. The molecule has 147 heavy (non-hydrogen) atoms. The van der Waals surface area contributed by atoms with E-state index in [0.717, 1.165) is 44.5 Å². The molecule has 0 saturated heterocycles. The van der Waals surface area contributed by atoms with Gasteiger partial charge in [-0.1, -0.05) is 97.1 Å². The molecule has 6 aliphatic carbocycles. The maximum atomic E-state index is 13.9. The van der Waals surface area contributed by atoms with Gasteiger partial charge in [-0.25, -0.2) is 38.4 Å². The number of benzene rings is 4. The van der Waals surface area contributed by atoms with Crippen molar-refractivity contribution in [3.8, 4) is 12.1 Å². The maximum Gasteiger partial charge on any atom is 0.347 e. The third-order valence-corrected chi connectivity index (χ3v) is 23.3. The van der Waals surface area contributed by atoms with Crippen LogP contribution in [0.3, 0.4) is 0 Å². The van der Waals surface area contributed by atoms with E-state index in [1.165, 1.54) is 55.4 Å². The summed E-state index contributed by atoms with van der Waals surface area (Å²) in [5, 5.41) is 21.1. The molecule has 0 heterocycles. The Kier molecular flexibility index (Phi) is 58.6. The summed E-state index contributed by atoms with van der Waals surface area (Å²) in [5.74, 6) is -11.8. The first kappa shape index (κ1) is 122. The number of hydrogen-bond donors (Lipinski definition) is 0. The molecule has 4 aromatic carbocycles. The Bertz CT molecular complexity index is 4270. The molecule has 10 atom stereocenters. The van der Waals surface area contributed by atoms with Crippen LogP contribution in [0.25, 0.3) is 0 Å². The van der Waals surface area contributed by atoms with Crippen LogP contribution in [0, 0.1) is 33.5 Å². The second-order valence-corrected chi connectivity index (χ2v) is 33.8. The Labute approximate surface area is 857 Å². The van der Waals surface area contributed by atoms with E-state index < -0.39 is 131 Å². The third kappa shape index (κ3) is 42.2. The molecule has 0 aromatic heterocycles. The number of ether oxygens (including phenoxy) is 31. The largest absolute Gasteiger partial charge is 0.461 e. The smallest absolute Gasteiger partial charge is 0.347 e. The molecule has 43 heteroatoms. The molecular formula is C104H144N2O41. The first-order chi connectivity index (χ1) is 71.5. The van der Waals surface area contributed by atoms with Crippen LogP contribution in [-0.2, 0) is 195 Å². The molecule has 10 unspecified atom stereocenters. The van der Waals surface area contributed by atoms with Crippen molar-refractivity contribution in [2.75, 3.05) is 291 Å². The van der Waals surface area contributed by atoms with E-state index in [1.54, 1.807) is 0 Å². The standard InChI is InChI=1S/C104H144N2O41/c1-73(140-95(109)75(3)142-97(111)77(5)144-99(113)79(7)146-101(115)103(71-105)69-89-81-17-9-13-21-85(81)91(103)86-22-14-10-18-82(86)89)93(107)138-67-65-136-63-61-134-59-57-132-55-53-130-51-49-128-47-45-126-43-41-124-39-37-122-35-33-120-31-29-118-27-25-117-26-28-119-30-32-121-34-36-123-38-40-125-42-44-127-46-48-129-50-52-131-54-56-133-58-60-135-62-64-137-66-68-139-94(108)74(2)141-96(110)76(4)143-98(112)78(6)145-100(114)80(8)147-102(116)104(72-106)70-90-83-19-11-15-23-87(83)92(104)88-24-16-12-20-84(88)90/h9-24,73-80,89-92H,25-70H2,1-8H3. The number of rotatable bonds is 84. The lowest BCUT2D eigenvalue weighted by Gasteiger charge is -2.48. The number of fused-ring (bicyclic) bond motifs is 2. The first-order valence-corrected chi connectivity index (χ1v) is 49.8. The van der Waals surface area contributed by atoms with Gasteiger partial charge in [0, 0.05) is 23.7 Å². The highest BCUT2D eigenvalue weighted by atomic mass is 16.7. The van der Waals surface area contributed by atoms with Crippen molar-refractivity contribution in [3.05, 3.63) is 142 Å². The summed E-state index contributed by atoms with van der Waals surface area (Å²) in [6, 6.07) is 35.0. The van der Waals surface area contributed by atoms with Gasteiger partial charge in [-0.15, -0.1) is 0 Å². The van der Waals surface area contributed by atoms with E-state index in [9.17, 15) is 58.5 Å². The summed E-state index contributed by atoms with van der Waals surface area (Å²) < 4.78 is 168. The van der Waals surface area contributed by atoms with E-state index >= 15 is 0 Å². The van der Waals surface area contributed by atoms with Crippen molar-refractivity contribution in [2.45, 2.75) is 141 Å². The number of carbonyl (C=O) groups excluding carboxylic acids is 10. The Morgan fingerprint density at radius 1 is 0.211 bits per heavy atom. The van der Waals surface area contributed by atoms with Gasteiger partial charge in [0.05, 0.1) is 290 Å². The average molecular weight is 2080 g/mol. The number of esters is 10. The first-order valence-electron chi connectivity index (χ1n) is 49.8. The summed E-state index contributed by atoms with van der Waals surface area (Å²) in [6.07, 6.45) is -11.5. The van der Waals surface area contributed by atoms with Crippen LogP contribution in [0.4, 0.5) is 0 Å². The molecular weight excluding hydrogens is 1930 g/mol. The van der Waals surface area contributed by atoms with Gasteiger partial charge in [0.1, 0.15) is 13.2 Å². The minimum atomic E-state index is -1.63. The predicted molar refractivity (Wildman–Crippen MR) is 512 cm³/mol. The minimum Gasteiger partial charge on any atom is -0.461 e. The Morgan fingerprint density at radius 3 is 0.490 bits per heavy atom. The Morgan fingerprint density at radius 2 is 0.340 bits per heavy atom. The molecule has 0 saturated carbocycles. The molecule has 6 aliphatic rings. The minimum absolute atomic E-state index is 0.0409. The molecule has 816 valence electrons. The van der Waals surface area contributed by atoms with Crippen molar-refractivity contribution in [2.24, 2.45) is 10.8 Å². The molecule has 0 fully saturated rings. The van der Waals surface area contributed by atoms with Crippen LogP contribution < -0.4 is 0 Å². The fourth-order valence-corrected chi connectivity index (χ4v) is 15.8. The van der Waals surface area contributed by atoms with Gasteiger partial charge in [0.15, 0.2) is 59.7 Å². The zero-order valence-corrected chi connectivity index (χ0v) is 85.3. The molecule has 0 radical (unpaired) electrons. The molecule has 0 aliphatic heterocycles. The summed E-state index contributed by atoms with van der Waals surface area (Å²) in [4.78, 5) is 130. The number of nitriles is 2. The van der Waals surface area contributed by atoms with E-state index in [0.29, 0.717) is 238 Å². The Hall–Kier alpha value is -10.3. The van der Waals surface area contributed by atoms with Crippen molar-refractivity contribution in [1.82, 2.24) is 0 Å². The van der Waals surface area contributed by atoms with E-state index in [2.05, 4.69) is 12.1 Å². The molecule has 0 N–H and O–H groups in total. The second kappa shape index (κ2) is 70.7. The van der Waals surface area contributed by atoms with Crippen molar-refractivity contribution in [1.29, 1.82) is 10.5 Å². The van der Waals surface area contributed by atoms with E-state index in [-0.39, 0.29) is 77.5 Å². The van der Waals surface area contributed by atoms with Crippen LogP contribution in [0.1, 0.15) is 136 Å². The number of hydrogen-bond acceptors (Lipinski definition) is 43. The van der Waals surface area contributed by atoms with Crippen LogP contribution in [0.5, 0.6) is 0 Å². The van der Waals surface area contributed by atoms with Gasteiger partial charge in [-0.05, 0) is 113 Å². The molecule has 4 aromatic rings. The SMILES string of the molecule is CC(OC(=O)C(C)OC(=O)C(C)OC(=O)C(C)OC(=O)C1(C#N)CC2c3ccccc3C1c1ccccc12)C(=O)OCCOCCOCCOCCOCCOCCOCCOCCOCCOCCOCCOCCOCCOCCOCCOCCOCCOCCOCCOCCOCCOCCOC(=O)C(C)OC(=O)C(C)OC(=O)C(C)OC(=O)C(C)OC(=O)C1(C#N)CC2c3ccccc3C1c1ccccc12. The van der Waals surface area contributed by atoms with E-state index in [4.69, 9.17) is 147 Å². The van der Waals surface area contributed by atoms with Gasteiger partial charge in [-0.2, -0.15) is 10.5 Å². The highest BCUT2D eigenvalue weighted by molar-refractivity contribution is 5.91. The fraction of sp³-hybridized carbons (Fsp3) is 0.654. The molecule has 10 rings (SSSR count). The summed E-state index contributed by atoms with van der Waals surface area (Å²) in [7, 11) is 0. The number of nitrogens with zero attached hydrogens (tertiary/aromatic N) is 2. The van der Waals surface area contributed by atoms with Crippen LogP contribution >= 0.6 is 0 Å². The van der Waals surface area contributed by atoms with E-state index in [1.807, 2.05) is 97.1 Å². The van der Waals surface area contributed by atoms with Gasteiger partial charge in [0.25, 0.3) is 0 Å². The van der Waals surface area contributed by atoms with Crippen LogP contribution in [0.15, 0.2) is 97.1 Å². The lowest BCUT2D eigenvalue weighted by atomic mass is 9.52. The predicted octanol–water partition coefficient (Wildman–Crippen LogP) is 6.26. The third-order valence-electron chi connectivity index (χ3n) is 23.3. The lowest BCUT2D eigenvalue weighted by Crippen LogP contribution is -2.48. The summed E-state index contributed by atoms with van der Waals surface area (Å²) >= 11 is 0. The van der Waals surface area contributed by atoms with Gasteiger partial charge in [0.2, 0.25) is 0 Å². The highest BCUT2D eigenvalue weighted by Crippen LogP contribution is 2.63. The lowest BCUT2D eigenvalue weighted by molar-refractivity contribution is -0.186. The van der Waals surface area contributed by atoms with Crippen molar-refractivity contribution >= 4 is 59.7 Å². The average Bonchev–Trinajstić information content (AvgIpc) is 0.701. The van der Waals surface area contributed by atoms with Gasteiger partial charge < -0.3 is 147 Å². The zero-order valence-electron chi connectivity index (χ0n) is 85.3. The summed E-state index contributed by atoms with van der Waals surface area (Å²) in [5.41, 5.74) is 4.23. The number of carbonyl (C=O) groups is 10. The fourth-order valence-electron chi connectivity index (χ4n) is 15.8. The molecule has 0 amide bonds. The summed E-state index contributed by atoms with van der Waals surface area (Å²) in [6.45, 7) is 25.5. The van der Waals surface area contributed by atoms with Crippen LogP contribution in [-0.4, -0.2) is 399 Å². The van der Waals surface area contributed by atoms with Gasteiger partial charge >= 0.3 is 59.7 Å². The topological polar surface area (TPSA) is 504 Å². The normalized spacial score (nSPS) is 18.1. The van der Waals surface area contributed by atoms with Crippen molar-refractivity contribution in [3.63, 3.8) is 0 Å². The maximum absolute atomic E-state index is 13.9. The second-order valence-electron chi connectivity index (χ2n) is 33.8. The molecule has 4 bridgehead atoms. The van der Waals surface area contributed by atoms with Crippen molar-refractivity contribution < 1.29 is 195 Å². The highest BCUT2D eigenvalue weighted by Gasteiger charge is 2.61. The van der Waals surface area contributed by atoms with Gasteiger partial charge in [-0.3, -0.25) is 9.59 Å². The molecule has 43 nitrogen and oxygen atoms in total.